The van der Waals surface area contributed by atoms with Crippen LogP contribution in [0.4, 0.5) is 0 Å². The maximum absolute atomic E-state index is 12.0. The van der Waals surface area contributed by atoms with Gasteiger partial charge in [-0.1, -0.05) is 53.7 Å². The third-order valence-electron chi connectivity index (χ3n) is 3.28. The predicted octanol–water partition coefficient (Wildman–Crippen LogP) is 3.25. The summed E-state index contributed by atoms with van der Waals surface area (Å²) >= 11 is 3.42. The number of hydrogen-bond acceptors (Lipinski definition) is 2. The van der Waals surface area contributed by atoms with Crippen LogP contribution in [0.1, 0.15) is 59.2 Å². The van der Waals surface area contributed by atoms with Gasteiger partial charge in [0.05, 0.1) is 11.1 Å². The summed E-state index contributed by atoms with van der Waals surface area (Å²) in [6, 6.07) is 6.62. The molecule has 0 spiro atoms. The van der Waals surface area contributed by atoms with Gasteiger partial charge in [0.25, 0.3) is 5.91 Å². The van der Waals surface area contributed by atoms with E-state index in [9.17, 15) is 9.59 Å². The van der Waals surface area contributed by atoms with Crippen molar-refractivity contribution in [1.29, 1.82) is 0 Å². The third kappa shape index (κ3) is 6.76. The summed E-state index contributed by atoms with van der Waals surface area (Å²) in [5.74, 6) is -0.809. The van der Waals surface area contributed by atoms with Gasteiger partial charge in [-0.2, -0.15) is 0 Å². The van der Waals surface area contributed by atoms with Gasteiger partial charge in [0, 0.05) is 11.9 Å². The molecule has 0 aliphatic heterocycles. The van der Waals surface area contributed by atoms with Crippen LogP contribution in [0.2, 0.25) is 0 Å². The topological polar surface area (TPSA) is 72.2 Å². The highest BCUT2D eigenvalue weighted by atomic mass is 79.9. The van der Waals surface area contributed by atoms with Crippen LogP contribution < -0.4 is 11.1 Å². The highest BCUT2D eigenvalue weighted by molar-refractivity contribution is 9.09. The number of nitrogens with two attached hydrogens (primary N) is 1. The van der Waals surface area contributed by atoms with Crippen LogP contribution in [0.15, 0.2) is 24.3 Å². The van der Waals surface area contributed by atoms with E-state index in [0.29, 0.717) is 12.1 Å². The van der Waals surface area contributed by atoms with Gasteiger partial charge in [0.15, 0.2) is 0 Å². The lowest BCUT2D eigenvalue weighted by Crippen LogP contribution is -2.27. The molecule has 0 unspecified atom stereocenters. The molecule has 0 aliphatic rings. The van der Waals surface area contributed by atoms with Crippen LogP contribution in [-0.4, -0.2) is 23.7 Å². The molecule has 0 radical (unpaired) electrons. The Hall–Kier alpha value is -1.36. The zero-order chi connectivity index (χ0) is 15.5. The van der Waals surface area contributed by atoms with Gasteiger partial charge in [-0.05, 0) is 25.0 Å². The van der Waals surface area contributed by atoms with E-state index in [1.165, 1.54) is 25.7 Å². The fourth-order valence-electron chi connectivity index (χ4n) is 2.12. The number of carbonyl (C=O) groups excluding carboxylic acids is 2. The molecule has 0 fully saturated rings. The molecule has 116 valence electrons. The highest BCUT2D eigenvalue weighted by Gasteiger charge is 2.13. The molecule has 1 aromatic rings. The molecule has 0 saturated carbocycles. The van der Waals surface area contributed by atoms with Crippen LogP contribution in [-0.2, 0) is 0 Å². The number of amides is 2. The lowest BCUT2D eigenvalue weighted by molar-refractivity contribution is 0.0935. The first-order chi connectivity index (χ1) is 10.2. The van der Waals surface area contributed by atoms with E-state index in [0.717, 1.165) is 18.2 Å². The van der Waals surface area contributed by atoms with E-state index >= 15 is 0 Å². The number of primary amides is 1. The summed E-state index contributed by atoms with van der Waals surface area (Å²) in [5.41, 5.74) is 5.88. The van der Waals surface area contributed by atoms with E-state index in [1.807, 2.05) is 0 Å². The van der Waals surface area contributed by atoms with E-state index in [1.54, 1.807) is 24.3 Å². The van der Waals surface area contributed by atoms with Crippen molar-refractivity contribution in [3.8, 4) is 0 Å². The molecule has 0 heterocycles. The monoisotopic (exact) mass is 354 g/mol. The molecule has 0 saturated heterocycles. The fraction of sp³-hybridized carbons (Fsp3) is 0.500. The van der Waals surface area contributed by atoms with Crippen molar-refractivity contribution < 1.29 is 9.59 Å². The SMILES string of the molecule is NC(=O)c1ccccc1C(=O)NCCCCCCCCBr. The quantitative estimate of drug-likeness (QED) is 0.500. The average molecular weight is 355 g/mol. The smallest absolute Gasteiger partial charge is 0.252 e. The second-order valence-electron chi connectivity index (χ2n) is 4.98. The summed E-state index contributed by atoms with van der Waals surface area (Å²) in [4.78, 5) is 23.3. The number of benzene rings is 1. The number of alkyl halides is 1. The highest BCUT2D eigenvalue weighted by Crippen LogP contribution is 2.09. The molecule has 0 aromatic heterocycles. The standard InChI is InChI=1S/C16H23BrN2O2/c17-11-7-3-1-2-4-8-12-19-16(21)14-10-6-5-9-13(14)15(18)20/h5-6,9-10H,1-4,7-8,11-12H2,(H2,18,20)(H,19,21). The van der Waals surface area contributed by atoms with Gasteiger partial charge >= 0.3 is 0 Å². The van der Waals surface area contributed by atoms with E-state index in [4.69, 9.17) is 5.73 Å². The Kier molecular flexibility index (Phi) is 8.74. The van der Waals surface area contributed by atoms with Gasteiger partial charge in [-0.25, -0.2) is 0 Å². The van der Waals surface area contributed by atoms with Crippen molar-refractivity contribution in [1.82, 2.24) is 5.32 Å². The minimum atomic E-state index is -0.576. The molecule has 3 N–H and O–H groups in total. The Balaban J connectivity index is 2.27. The van der Waals surface area contributed by atoms with Crippen molar-refractivity contribution in [3.05, 3.63) is 35.4 Å². The minimum absolute atomic E-state index is 0.233. The molecule has 1 rings (SSSR count). The Morgan fingerprint density at radius 2 is 1.52 bits per heavy atom. The normalized spacial score (nSPS) is 10.3. The van der Waals surface area contributed by atoms with Crippen molar-refractivity contribution >= 4 is 27.7 Å². The third-order valence-corrected chi connectivity index (χ3v) is 3.84. The molecule has 1 aromatic carbocycles. The summed E-state index contributed by atoms with van der Waals surface area (Å²) in [6.45, 7) is 0.629. The Labute approximate surface area is 134 Å². The number of rotatable bonds is 10. The van der Waals surface area contributed by atoms with Gasteiger partial charge in [-0.15, -0.1) is 0 Å². The minimum Gasteiger partial charge on any atom is -0.366 e. The second-order valence-corrected chi connectivity index (χ2v) is 5.77. The molecule has 21 heavy (non-hydrogen) atoms. The molecular weight excluding hydrogens is 332 g/mol. The second kappa shape index (κ2) is 10.4. The van der Waals surface area contributed by atoms with Crippen LogP contribution in [0, 0.1) is 0 Å². The van der Waals surface area contributed by atoms with E-state index in [2.05, 4.69) is 21.2 Å². The number of carbonyl (C=O) groups is 2. The van der Waals surface area contributed by atoms with Gasteiger partial charge in [0.1, 0.15) is 0 Å². The number of unbranched alkanes of at least 4 members (excludes halogenated alkanes) is 5. The first-order valence-corrected chi connectivity index (χ1v) is 8.52. The summed E-state index contributed by atoms with van der Waals surface area (Å²) in [5, 5.41) is 3.91. The maximum Gasteiger partial charge on any atom is 0.252 e. The molecule has 5 heteroatoms. The molecule has 0 aliphatic carbocycles. The van der Waals surface area contributed by atoms with Crippen molar-refractivity contribution in [2.24, 2.45) is 5.73 Å². The number of nitrogens with one attached hydrogen (secondary N) is 1. The fourth-order valence-corrected chi connectivity index (χ4v) is 2.52. The predicted molar refractivity (Wildman–Crippen MR) is 88.8 cm³/mol. The Morgan fingerprint density at radius 3 is 2.14 bits per heavy atom. The van der Waals surface area contributed by atoms with Crippen molar-refractivity contribution in [2.75, 3.05) is 11.9 Å². The number of hydrogen-bond donors (Lipinski definition) is 2. The first kappa shape index (κ1) is 17.7. The summed E-state index contributed by atoms with van der Waals surface area (Å²) < 4.78 is 0. The van der Waals surface area contributed by atoms with Gasteiger partial charge < -0.3 is 11.1 Å². The first-order valence-electron chi connectivity index (χ1n) is 7.40. The lowest BCUT2D eigenvalue weighted by Gasteiger charge is -2.08. The zero-order valence-corrected chi connectivity index (χ0v) is 13.8. The molecule has 0 atom stereocenters. The molecular formula is C16H23BrN2O2. The average Bonchev–Trinajstić information content (AvgIpc) is 2.49. The largest absolute Gasteiger partial charge is 0.366 e. The Morgan fingerprint density at radius 1 is 0.952 bits per heavy atom. The van der Waals surface area contributed by atoms with Crippen LogP contribution in [0.3, 0.4) is 0 Å². The van der Waals surface area contributed by atoms with Crippen LogP contribution in [0.5, 0.6) is 0 Å². The van der Waals surface area contributed by atoms with E-state index < -0.39 is 5.91 Å². The van der Waals surface area contributed by atoms with Crippen molar-refractivity contribution in [2.45, 2.75) is 38.5 Å². The maximum atomic E-state index is 12.0. The van der Waals surface area contributed by atoms with Crippen molar-refractivity contribution in [3.63, 3.8) is 0 Å². The molecule has 2 amide bonds. The van der Waals surface area contributed by atoms with Crippen LogP contribution >= 0.6 is 15.9 Å². The number of halogens is 1. The zero-order valence-electron chi connectivity index (χ0n) is 12.2. The lowest BCUT2D eigenvalue weighted by atomic mass is 10.1. The summed E-state index contributed by atoms with van der Waals surface area (Å²) in [6.07, 6.45) is 6.98. The molecule has 4 nitrogen and oxygen atoms in total. The van der Waals surface area contributed by atoms with Gasteiger partial charge in [0.2, 0.25) is 5.91 Å². The summed E-state index contributed by atoms with van der Waals surface area (Å²) in [7, 11) is 0. The van der Waals surface area contributed by atoms with Crippen LogP contribution in [0.25, 0.3) is 0 Å². The van der Waals surface area contributed by atoms with Gasteiger partial charge in [-0.3, -0.25) is 9.59 Å². The van der Waals surface area contributed by atoms with E-state index in [-0.39, 0.29) is 11.5 Å². The molecule has 0 bridgehead atoms. The Bertz CT molecular complexity index is 463.